The summed E-state index contributed by atoms with van der Waals surface area (Å²) in [7, 11) is 0. The largest absolute Gasteiger partial charge is 0.391 e. The van der Waals surface area contributed by atoms with Gasteiger partial charge in [0, 0.05) is 12.6 Å². The van der Waals surface area contributed by atoms with E-state index in [1.165, 1.54) is 38.5 Å². The zero-order valence-corrected chi connectivity index (χ0v) is 20.3. The first-order valence-corrected chi connectivity index (χ1v) is 13.2. The second-order valence-corrected chi connectivity index (χ2v) is 11.1. The Bertz CT molecular complexity index is 1050. The van der Waals surface area contributed by atoms with E-state index in [9.17, 15) is 14.7 Å². The summed E-state index contributed by atoms with van der Waals surface area (Å²) < 4.78 is 1.78. The van der Waals surface area contributed by atoms with E-state index in [-0.39, 0.29) is 23.3 Å². The molecule has 2 aromatic heterocycles. The third-order valence-electron chi connectivity index (χ3n) is 8.58. The maximum absolute atomic E-state index is 13.2. The number of aliphatic hydroxyl groups excluding tert-OH is 1. The van der Waals surface area contributed by atoms with Gasteiger partial charge in [0.15, 0.2) is 0 Å². The molecule has 5 rings (SSSR count). The average Bonchev–Trinajstić information content (AvgIpc) is 3.25. The first-order chi connectivity index (χ1) is 16.4. The topological polar surface area (TPSA) is 95.7 Å². The number of aliphatic hydroxyl groups is 1. The Hall–Kier alpha value is -2.41. The fourth-order valence-corrected chi connectivity index (χ4v) is 6.95. The maximum atomic E-state index is 13.2. The van der Waals surface area contributed by atoms with E-state index < -0.39 is 6.10 Å². The SMILES string of the molecule is CCC1CC2CCCC(CC(=O)Nc3cccc4nc(C(=O)NC5CCCCC5O)cn34)(C1)C2. The lowest BCUT2D eigenvalue weighted by Crippen LogP contribution is -2.45. The van der Waals surface area contributed by atoms with Gasteiger partial charge in [-0.15, -0.1) is 0 Å². The average molecular weight is 467 g/mol. The van der Waals surface area contributed by atoms with E-state index in [0.29, 0.717) is 30.0 Å². The van der Waals surface area contributed by atoms with Crippen molar-refractivity contribution >= 4 is 23.3 Å². The zero-order chi connectivity index (χ0) is 23.7. The Morgan fingerprint density at radius 2 is 2.03 bits per heavy atom. The molecule has 5 unspecified atom stereocenters. The highest BCUT2D eigenvalue weighted by Crippen LogP contribution is 2.53. The molecular weight excluding hydrogens is 428 g/mol. The standard InChI is InChI=1S/C27H38N4O3/c1-2-18-13-19-7-6-12-27(14-18,15-19)16-25(33)30-24-11-5-10-23-28-21(17-31(23)24)26(34)29-20-8-3-4-9-22(20)32/h5,10-11,17-20,22,32H,2-4,6-9,12-16H2,1H3,(H,29,34)(H,30,33). The molecule has 0 aromatic carbocycles. The molecule has 3 N–H and O–H groups in total. The van der Waals surface area contributed by atoms with E-state index in [1.54, 1.807) is 10.6 Å². The van der Waals surface area contributed by atoms with Crippen LogP contribution in [0.2, 0.25) is 0 Å². The number of carbonyl (C=O) groups is 2. The van der Waals surface area contributed by atoms with Crippen molar-refractivity contribution in [3.63, 3.8) is 0 Å². The minimum Gasteiger partial charge on any atom is -0.391 e. The molecule has 3 saturated carbocycles. The molecule has 2 aromatic rings. The fraction of sp³-hybridized carbons (Fsp3) is 0.667. The van der Waals surface area contributed by atoms with Gasteiger partial charge < -0.3 is 15.7 Å². The quantitative estimate of drug-likeness (QED) is 0.575. The fourth-order valence-electron chi connectivity index (χ4n) is 6.95. The zero-order valence-electron chi connectivity index (χ0n) is 20.3. The van der Waals surface area contributed by atoms with Gasteiger partial charge in [-0.1, -0.05) is 45.1 Å². The second kappa shape index (κ2) is 9.68. The molecule has 34 heavy (non-hydrogen) atoms. The summed E-state index contributed by atoms with van der Waals surface area (Å²) in [6.07, 6.45) is 13.8. The van der Waals surface area contributed by atoms with E-state index >= 15 is 0 Å². The van der Waals surface area contributed by atoms with Crippen molar-refractivity contribution in [1.29, 1.82) is 0 Å². The predicted octanol–water partition coefficient (Wildman–Crippen LogP) is 4.69. The summed E-state index contributed by atoms with van der Waals surface area (Å²) >= 11 is 0. The number of nitrogens with one attached hydrogen (secondary N) is 2. The molecule has 3 aliphatic carbocycles. The number of pyridine rings is 1. The van der Waals surface area contributed by atoms with Crippen LogP contribution in [0.25, 0.3) is 5.65 Å². The Morgan fingerprint density at radius 1 is 1.18 bits per heavy atom. The minimum atomic E-state index is -0.504. The van der Waals surface area contributed by atoms with Crippen LogP contribution in [0.1, 0.15) is 94.5 Å². The predicted molar refractivity (Wildman–Crippen MR) is 132 cm³/mol. The lowest BCUT2D eigenvalue weighted by molar-refractivity contribution is -0.120. The van der Waals surface area contributed by atoms with Crippen molar-refractivity contribution < 1.29 is 14.7 Å². The molecule has 0 radical (unpaired) electrons. The number of fused-ring (bicyclic) bond motifs is 3. The van der Waals surface area contributed by atoms with Crippen LogP contribution in [0.4, 0.5) is 5.82 Å². The lowest BCUT2D eigenvalue weighted by Gasteiger charge is -2.48. The molecule has 2 amide bonds. The summed E-state index contributed by atoms with van der Waals surface area (Å²) in [6, 6.07) is 5.31. The number of hydrogen-bond acceptors (Lipinski definition) is 4. The van der Waals surface area contributed by atoms with Crippen LogP contribution in [0.3, 0.4) is 0 Å². The first kappa shape index (κ1) is 23.3. The summed E-state index contributed by atoms with van der Waals surface area (Å²) in [5.41, 5.74) is 1.05. The van der Waals surface area contributed by atoms with Crippen molar-refractivity contribution in [1.82, 2.24) is 14.7 Å². The molecule has 2 bridgehead atoms. The number of nitrogens with zero attached hydrogens (tertiary/aromatic N) is 2. The van der Waals surface area contributed by atoms with E-state index in [1.807, 2.05) is 18.2 Å². The number of aromatic nitrogens is 2. The van der Waals surface area contributed by atoms with Gasteiger partial charge in [0.1, 0.15) is 17.2 Å². The van der Waals surface area contributed by atoms with Crippen LogP contribution in [0.5, 0.6) is 0 Å². The number of hydrogen-bond donors (Lipinski definition) is 3. The van der Waals surface area contributed by atoms with Crippen LogP contribution in [0.15, 0.2) is 24.4 Å². The van der Waals surface area contributed by atoms with Gasteiger partial charge in [-0.25, -0.2) is 4.98 Å². The molecule has 5 atom stereocenters. The van der Waals surface area contributed by atoms with Gasteiger partial charge in [0.25, 0.3) is 5.91 Å². The van der Waals surface area contributed by atoms with Crippen molar-refractivity contribution in [3.8, 4) is 0 Å². The Labute approximate surface area is 201 Å². The number of anilines is 1. The molecule has 3 aliphatic rings. The molecular formula is C27H38N4O3. The van der Waals surface area contributed by atoms with Gasteiger partial charge in [-0.05, 0) is 67.9 Å². The Balaban J connectivity index is 1.29. The van der Waals surface area contributed by atoms with Gasteiger partial charge in [0.05, 0.1) is 12.1 Å². The first-order valence-electron chi connectivity index (χ1n) is 13.2. The highest BCUT2D eigenvalue weighted by Gasteiger charge is 2.43. The molecule has 7 heteroatoms. The highest BCUT2D eigenvalue weighted by atomic mass is 16.3. The second-order valence-electron chi connectivity index (χ2n) is 11.1. The number of imidazole rings is 1. The summed E-state index contributed by atoms with van der Waals surface area (Å²) in [5, 5.41) is 16.2. The van der Waals surface area contributed by atoms with Gasteiger partial charge in [-0.3, -0.25) is 14.0 Å². The van der Waals surface area contributed by atoms with Crippen LogP contribution < -0.4 is 10.6 Å². The van der Waals surface area contributed by atoms with Gasteiger partial charge in [0.2, 0.25) is 5.91 Å². The van der Waals surface area contributed by atoms with E-state index in [0.717, 1.165) is 37.5 Å². The van der Waals surface area contributed by atoms with Crippen LogP contribution >= 0.6 is 0 Å². The van der Waals surface area contributed by atoms with Crippen molar-refractivity contribution in [2.24, 2.45) is 17.3 Å². The Morgan fingerprint density at radius 3 is 2.85 bits per heavy atom. The van der Waals surface area contributed by atoms with Crippen LogP contribution in [-0.2, 0) is 4.79 Å². The van der Waals surface area contributed by atoms with Crippen LogP contribution in [0, 0.1) is 17.3 Å². The summed E-state index contributed by atoms with van der Waals surface area (Å²) in [4.78, 5) is 30.5. The van der Waals surface area contributed by atoms with Crippen molar-refractivity contribution in [3.05, 3.63) is 30.1 Å². The summed E-state index contributed by atoms with van der Waals surface area (Å²) in [5.74, 6) is 1.92. The third-order valence-corrected chi connectivity index (χ3v) is 8.58. The molecule has 0 aliphatic heterocycles. The number of rotatable bonds is 6. The van der Waals surface area contributed by atoms with Crippen molar-refractivity contribution in [2.45, 2.75) is 96.1 Å². The van der Waals surface area contributed by atoms with Gasteiger partial charge in [-0.2, -0.15) is 0 Å². The molecule has 2 heterocycles. The number of carbonyl (C=O) groups excluding carboxylic acids is 2. The molecule has 184 valence electrons. The van der Waals surface area contributed by atoms with Crippen molar-refractivity contribution in [2.75, 3.05) is 5.32 Å². The Kier molecular flexibility index (Phi) is 6.65. The number of amides is 2. The lowest BCUT2D eigenvalue weighted by atomic mass is 9.57. The molecule has 3 fully saturated rings. The molecule has 7 nitrogen and oxygen atoms in total. The maximum Gasteiger partial charge on any atom is 0.271 e. The smallest absolute Gasteiger partial charge is 0.271 e. The minimum absolute atomic E-state index is 0.0509. The highest BCUT2D eigenvalue weighted by molar-refractivity contribution is 5.94. The summed E-state index contributed by atoms with van der Waals surface area (Å²) in [6.45, 7) is 2.28. The molecule has 0 spiro atoms. The normalized spacial score (nSPS) is 31.2. The molecule has 0 saturated heterocycles. The van der Waals surface area contributed by atoms with E-state index in [2.05, 4.69) is 22.5 Å². The third kappa shape index (κ3) is 4.85. The van der Waals surface area contributed by atoms with Gasteiger partial charge >= 0.3 is 0 Å². The monoisotopic (exact) mass is 466 g/mol. The van der Waals surface area contributed by atoms with Crippen LogP contribution in [-0.4, -0.2) is 38.5 Å². The van der Waals surface area contributed by atoms with E-state index in [4.69, 9.17) is 0 Å².